The van der Waals surface area contributed by atoms with Crippen molar-refractivity contribution in [2.24, 2.45) is 0 Å². The van der Waals surface area contributed by atoms with Gasteiger partial charge in [0.1, 0.15) is 0 Å². The Morgan fingerprint density at radius 2 is 0.533 bits per heavy atom. The molecule has 0 saturated carbocycles. The van der Waals surface area contributed by atoms with E-state index in [0.29, 0.717) is 11.9 Å². The van der Waals surface area contributed by atoms with Gasteiger partial charge in [-0.2, -0.15) is 0 Å². The average Bonchev–Trinajstić information content (AvgIpc) is 3.33. The van der Waals surface area contributed by atoms with Crippen molar-refractivity contribution < 1.29 is 0 Å². The number of nitrogens with zero attached hydrogens (tertiary/aromatic N) is 8. The Bertz CT molecular complexity index is 2780. The van der Waals surface area contributed by atoms with Crippen LogP contribution in [0.25, 0.3) is 55.8 Å². The molecule has 8 heteroatoms. The number of rotatable bonds is 10. The Hall–Kier alpha value is -8.36. The van der Waals surface area contributed by atoms with E-state index in [2.05, 4.69) is 175 Å². The van der Waals surface area contributed by atoms with Gasteiger partial charge in [0.25, 0.3) is 0 Å². The number of para-hydroxylation sites is 2. The molecular weight excluding hydrogens is 737 g/mol. The Balaban J connectivity index is 1.01. The summed E-state index contributed by atoms with van der Waals surface area (Å²) in [6.45, 7) is 0. The molecule has 0 bridgehead atoms. The van der Waals surface area contributed by atoms with Crippen molar-refractivity contribution in [3.8, 4) is 44.8 Å². The Morgan fingerprint density at radius 3 is 0.867 bits per heavy atom. The number of hydrogen-bond donors (Lipinski definition) is 0. The Labute approximate surface area is 347 Å². The second-order valence-corrected chi connectivity index (χ2v) is 14.1. The first-order valence-electron chi connectivity index (χ1n) is 19.7. The molecule has 0 saturated heterocycles. The molecule has 0 unspecified atom stereocenters. The largest absolute Gasteiger partial charge is 0.279 e. The highest BCUT2D eigenvalue weighted by molar-refractivity contribution is 5.88. The highest BCUT2D eigenvalue weighted by Gasteiger charge is 2.20. The molecule has 0 aliphatic carbocycles. The zero-order valence-electron chi connectivity index (χ0n) is 32.4. The predicted molar refractivity (Wildman–Crippen MR) is 242 cm³/mol. The minimum Gasteiger partial charge on any atom is -0.279 e. The Morgan fingerprint density at radius 1 is 0.250 bits per heavy atom. The van der Waals surface area contributed by atoms with E-state index < -0.39 is 0 Å². The van der Waals surface area contributed by atoms with E-state index in [1.54, 1.807) is 24.8 Å². The van der Waals surface area contributed by atoms with Gasteiger partial charge in [0.15, 0.2) is 0 Å². The fourth-order valence-electron chi connectivity index (χ4n) is 7.38. The molecule has 3 aromatic heterocycles. The number of fused-ring (bicyclic) bond motifs is 1. The normalized spacial score (nSPS) is 11.0. The van der Waals surface area contributed by atoms with Crippen molar-refractivity contribution in [3.05, 3.63) is 219 Å². The minimum atomic E-state index is 0.575. The molecule has 0 radical (unpaired) electrons. The van der Waals surface area contributed by atoms with E-state index in [1.165, 1.54) is 0 Å². The van der Waals surface area contributed by atoms with Gasteiger partial charge in [-0.05, 0) is 95.1 Å². The smallest absolute Gasteiger partial charge is 0.234 e. The van der Waals surface area contributed by atoms with Crippen LogP contribution in [0.2, 0.25) is 0 Å². The van der Waals surface area contributed by atoms with Crippen LogP contribution in [0, 0.1) is 0 Å². The zero-order chi connectivity index (χ0) is 40.1. The van der Waals surface area contributed by atoms with E-state index in [4.69, 9.17) is 9.97 Å². The third kappa shape index (κ3) is 7.32. The molecule has 0 amide bonds. The van der Waals surface area contributed by atoms with Crippen molar-refractivity contribution in [1.82, 2.24) is 29.9 Å². The van der Waals surface area contributed by atoms with Crippen LogP contribution in [0.4, 0.5) is 34.6 Å². The fourth-order valence-corrected chi connectivity index (χ4v) is 7.38. The van der Waals surface area contributed by atoms with Crippen molar-refractivity contribution >= 4 is 45.7 Å². The first-order chi connectivity index (χ1) is 29.7. The molecule has 8 nitrogen and oxygen atoms in total. The maximum Gasteiger partial charge on any atom is 0.234 e. The van der Waals surface area contributed by atoms with E-state index >= 15 is 0 Å². The van der Waals surface area contributed by atoms with Crippen molar-refractivity contribution in [2.45, 2.75) is 0 Å². The minimum absolute atomic E-state index is 0.575. The summed E-state index contributed by atoms with van der Waals surface area (Å²) in [5, 5.41) is 0. The van der Waals surface area contributed by atoms with Gasteiger partial charge in [0.2, 0.25) is 11.9 Å². The van der Waals surface area contributed by atoms with Crippen LogP contribution in [-0.4, -0.2) is 29.9 Å². The zero-order valence-corrected chi connectivity index (χ0v) is 32.4. The lowest BCUT2D eigenvalue weighted by atomic mass is 10.0. The average molecular weight is 773 g/mol. The molecule has 0 aliphatic heterocycles. The van der Waals surface area contributed by atoms with Gasteiger partial charge in [-0.25, -0.2) is 29.9 Å². The van der Waals surface area contributed by atoms with E-state index in [1.807, 2.05) is 48.5 Å². The predicted octanol–water partition coefficient (Wildman–Crippen LogP) is 12.8. The molecule has 284 valence electrons. The monoisotopic (exact) mass is 772 g/mol. The molecule has 0 N–H and O–H groups in total. The molecule has 0 atom stereocenters. The summed E-state index contributed by atoms with van der Waals surface area (Å²) in [5.41, 5.74) is 13.4. The first-order valence-corrected chi connectivity index (χ1v) is 19.7. The second kappa shape index (κ2) is 16.2. The number of hydrogen-bond acceptors (Lipinski definition) is 8. The third-order valence-electron chi connectivity index (χ3n) is 10.3. The lowest BCUT2D eigenvalue weighted by molar-refractivity contribution is 1.08. The molecule has 10 aromatic rings. The third-order valence-corrected chi connectivity index (χ3v) is 10.3. The lowest BCUT2D eigenvalue weighted by Gasteiger charge is -2.24. The lowest BCUT2D eigenvalue weighted by Crippen LogP contribution is -2.13. The summed E-state index contributed by atoms with van der Waals surface area (Å²) in [5.74, 6) is 1.15. The molecule has 3 heterocycles. The summed E-state index contributed by atoms with van der Waals surface area (Å²) >= 11 is 0. The maximum absolute atomic E-state index is 5.21. The molecule has 0 fully saturated rings. The molecule has 0 aliphatic rings. The van der Waals surface area contributed by atoms with Crippen LogP contribution < -0.4 is 9.80 Å². The Kier molecular flexibility index (Phi) is 9.75. The van der Waals surface area contributed by atoms with Crippen LogP contribution >= 0.6 is 0 Å². The number of aromatic nitrogens is 6. The molecule has 60 heavy (non-hydrogen) atoms. The quantitative estimate of drug-likeness (QED) is 0.136. The van der Waals surface area contributed by atoms with Crippen LogP contribution in [0.1, 0.15) is 0 Å². The molecule has 10 rings (SSSR count). The standard InChI is InChI=1S/C52H36N8/c1-3-11-37(12-4-1)39-17-25-43(26-18-39)59(51-53-33-9-34-54-51)45-29-21-41(22-30-45)49-50(58-48-16-8-7-15-47(48)57-49)42-23-31-46(32-24-42)60(52-55-35-10-36-56-52)44-27-19-40(20-28-44)38-13-5-2-6-14-38/h1-36H. The van der Waals surface area contributed by atoms with Gasteiger partial charge in [-0.15, -0.1) is 0 Å². The SMILES string of the molecule is c1ccc(-c2ccc(N(c3ccc(-c4nc5ccccc5nc4-c4ccc(N(c5ccc(-c6ccccc6)cc5)c5ncccn5)cc4)cc3)c3ncccn3)cc2)cc1. The van der Waals surface area contributed by atoms with Crippen LogP contribution in [0.5, 0.6) is 0 Å². The van der Waals surface area contributed by atoms with Crippen LogP contribution in [0.3, 0.4) is 0 Å². The van der Waals surface area contributed by atoms with Crippen molar-refractivity contribution in [3.63, 3.8) is 0 Å². The number of benzene rings is 7. The van der Waals surface area contributed by atoms with Gasteiger partial charge in [-0.3, -0.25) is 9.80 Å². The van der Waals surface area contributed by atoms with E-state index in [0.717, 1.165) is 78.6 Å². The highest BCUT2D eigenvalue weighted by atomic mass is 15.3. The summed E-state index contributed by atoms with van der Waals surface area (Å²) < 4.78 is 0. The van der Waals surface area contributed by atoms with E-state index in [-0.39, 0.29) is 0 Å². The topological polar surface area (TPSA) is 83.8 Å². The van der Waals surface area contributed by atoms with Crippen LogP contribution in [-0.2, 0) is 0 Å². The fraction of sp³-hybridized carbons (Fsp3) is 0. The van der Waals surface area contributed by atoms with Gasteiger partial charge < -0.3 is 0 Å². The highest BCUT2D eigenvalue weighted by Crippen LogP contribution is 2.39. The van der Waals surface area contributed by atoms with Crippen molar-refractivity contribution in [1.29, 1.82) is 0 Å². The summed E-state index contributed by atoms with van der Waals surface area (Å²) in [6, 6.07) is 66.0. The first kappa shape index (κ1) is 36.0. The van der Waals surface area contributed by atoms with Gasteiger partial charge in [-0.1, -0.05) is 121 Å². The second-order valence-electron chi connectivity index (χ2n) is 14.1. The van der Waals surface area contributed by atoms with Gasteiger partial charge in [0.05, 0.1) is 22.4 Å². The molecule has 7 aromatic carbocycles. The van der Waals surface area contributed by atoms with Crippen molar-refractivity contribution in [2.75, 3.05) is 9.80 Å². The summed E-state index contributed by atoms with van der Waals surface area (Å²) in [7, 11) is 0. The summed E-state index contributed by atoms with van der Waals surface area (Å²) in [4.78, 5) is 33.1. The van der Waals surface area contributed by atoms with Gasteiger partial charge >= 0.3 is 0 Å². The van der Waals surface area contributed by atoms with Gasteiger partial charge in [0, 0.05) is 58.7 Å². The number of anilines is 6. The molecular formula is C52H36N8. The summed E-state index contributed by atoms with van der Waals surface area (Å²) in [6.07, 6.45) is 7.05. The van der Waals surface area contributed by atoms with E-state index in [9.17, 15) is 0 Å². The van der Waals surface area contributed by atoms with Crippen LogP contribution in [0.15, 0.2) is 219 Å². The maximum atomic E-state index is 5.21. The molecule has 0 spiro atoms.